The molecule has 6 nitrogen and oxygen atoms in total. The Balaban J connectivity index is 1.55. The number of nitrogens with one attached hydrogen (secondary N) is 1. The first-order valence-corrected chi connectivity index (χ1v) is 9.51. The molecule has 0 radical (unpaired) electrons. The lowest BCUT2D eigenvalue weighted by Gasteiger charge is -2.12. The van der Waals surface area contributed by atoms with E-state index in [1.165, 1.54) is 23.9 Å². The van der Waals surface area contributed by atoms with Crippen LogP contribution in [0.15, 0.2) is 24.4 Å². The first-order valence-electron chi connectivity index (χ1n) is 9.51. The van der Waals surface area contributed by atoms with Crippen LogP contribution < -0.4 is 9.47 Å². The number of aromatic amines is 1. The van der Waals surface area contributed by atoms with Gasteiger partial charge in [0.25, 0.3) is 0 Å². The molecule has 27 heavy (non-hydrogen) atoms. The van der Waals surface area contributed by atoms with E-state index in [-0.39, 0.29) is 0 Å². The molecule has 4 rings (SSSR count). The van der Waals surface area contributed by atoms with Gasteiger partial charge in [-0.3, -0.25) is 4.98 Å². The highest BCUT2D eigenvalue weighted by molar-refractivity contribution is 6.09. The minimum absolute atomic E-state index is 0.490. The predicted molar refractivity (Wildman–Crippen MR) is 107 cm³/mol. The smallest absolute Gasteiger partial charge is 0.163 e. The van der Waals surface area contributed by atoms with E-state index in [1.54, 1.807) is 7.11 Å². The molecule has 0 aliphatic heterocycles. The van der Waals surface area contributed by atoms with Crippen LogP contribution in [-0.2, 0) is 4.74 Å². The molecule has 0 saturated heterocycles. The third kappa shape index (κ3) is 3.87. The van der Waals surface area contributed by atoms with Gasteiger partial charge in [0, 0.05) is 41.0 Å². The maximum atomic E-state index is 5.93. The number of aromatic nitrogens is 2. The standard InChI is InChI=1S/C21H27N3O3/c1-24(2)8-9-26-10-11-27-19-13-17-15(12-18(19)25-3)20-16(23-17)6-7-22-21(20)14-4-5-14/h6-7,12-14,23H,4-5,8-11H2,1-3H3. The lowest BCUT2D eigenvalue weighted by atomic mass is 10.1. The predicted octanol–water partition coefficient (Wildman–Crippen LogP) is 3.56. The maximum Gasteiger partial charge on any atom is 0.163 e. The van der Waals surface area contributed by atoms with E-state index in [0.717, 1.165) is 34.5 Å². The summed E-state index contributed by atoms with van der Waals surface area (Å²) >= 11 is 0. The van der Waals surface area contributed by atoms with Crippen LogP contribution in [0.25, 0.3) is 21.8 Å². The summed E-state index contributed by atoms with van der Waals surface area (Å²) in [6.07, 6.45) is 4.35. The van der Waals surface area contributed by atoms with E-state index in [2.05, 4.69) is 20.9 Å². The van der Waals surface area contributed by atoms with Gasteiger partial charge in [-0.25, -0.2) is 0 Å². The number of hydrogen-bond donors (Lipinski definition) is 1. The van der Waals surface area contributed by atoms with Crippen LogP contribution >= 0.6 is 0 Å². The average molecular weight is 369 g/mol. The summed E-state index contributed by atoms with van der Waals surface area (Å²) in [5.41, 5.74) is 3.36. The van der Waals surface area contributed by atoms with Crippen molar-refractivity contribution in [3.8, 4) is 11.5 Å². The van der Waals surface area contributed by atoms with Gasteiger partial charge in [0.15, 0.2) is 11.5 Å². The Morgan fingerprint density at radius 3 is 2.70 bits per heavy atom. The van der Waals surface area contributed by atoms with Crippen molar-refractivity contribution in [3.05, 3.63) is 30.1 Å². The SMILES string of the molecule is COc1cc2c(cc1OCCOCCN(C)C)[nH]c1ccnc(C3CC3)c12. The lowest BCUT2D eigenvalue weighted by Crippen LogP contribution is -2.19. The van der Waals surface area contributed by atoms with Gasteiger partial charge in [-0.1, -0.05) is 0 Å². The molecule has 0 amide bonds. The Labute approximate surface area is 159 Å². The number of methoxy groups -OCH3 is 1. The second-order valence-electron chi connectivity index (χ2n) is 7.33. The molecule has 1 aromatic carbocycles. The second kappa shape index (κ2) is 7.74. The van der Waals surface area contributed by atoms with E-state index in [0.29, 0.717) is 25.7 Å². The molecule has 2 heterocycles. The van der Waals surface area contributed by atoms with Crippen molar-refractivity contribution in [1.82, 2.24) is 14.9 Å². The molecule has 1 N–H and O–H groups in total. The fourth-order valence-corrected chi connectivity index (χ4v) is 3.38. The van der Waals surface area contributed by atoms with E-state index in [4.69, 9.17) is 14.2 Å². The Morgan fingerprint density at radius 2 is 1.96 bits per heavy atom. The van der Waals surface area contributed by atoms with Crippen molar-refractivity contribution in [1.29, 1.82) is 0 Å². The molecule has 1 saturated carbocycles. The zero-order valence-corrected chi connectivity index (χ0v) is 16.2. The quantitative estimate of drug-likeness (QED) is 0.585. The van der Waals surface area contributed by atoms with Crippen LogP contribution in [0, 0.1) is 0 Å². The van der Waals surface area contributed by atoms with Gasteiger partial charge in [0.05, 0.1) is 31.5 Å². The first-order chi connectivity index (χ1) is 13.2. The average Bonchev–Trinajstić information content (AvgIpc) is 3.44. The van der Waals surface area contributed by atoms with Crippen LogP contribution in [0.2, 0.25) is 0 Å². The number of pyridine rings is 1. The summed E-state index contributed by atoms with van der Waals surface area (Å²) in [4.78, 5) is 10.2. The fraction of sp³-hybridized carbons (Fsp3) is 0.476. The van der Waals surface area contributed by atoms with Crippen LogP contribution in [-0.4, -0.2) is 62.4 Å². The van der Waals surface area contributed by atoms with Crippen molar-refractivity contribution in [2.75, 3.05) is 47.6 Å². The van der Waals surface area contributed by atoms with Gasteiger partial charge in [-0.15, -0.1) is 0 Å². The summed E-state index contributed by atoms with van der Waals surface area (Å²) in [5, 5.41) is 2.36. The van der Waals surface area contributed by atoms with E-state index in [1.807, 2.05) is 32.4 Å². The Bertz CT molecular complexity index is 931. The summed E-state index contributed by atoms with van der Waals surface area (Å²) in [6, 6.07) is 6.11. The van der Waals surface area contributed by atoms with Gasteiger partial charge in [-0.05, 0) is 39.1 Å². The molecular formula is C21H27N3O3. The summed E-state index contributed by atoms with van der Waals surface area (Å²) < 4.78 is 17.1. The zero-order valence-electron chi connectivity index (χ0n) is 16.2. The van der Waals surface area contributed by atoms with E-state index in [9.17, 15) is 0 Å². The minimum atomic E-state index is 0.490. The van der Waals surface area contributed by atoms with E-state index < -0.39 is 0 Å². The molecule has 0 atom stereocenters. The highest BCUT2D eigenvalue weighted by Crippen LogP contribution is 2.45. The molecule has 144 valence electrons. The van der Waals surface area contributed by atoms with Crippen molar-refractivity contribution < 1.29 is 14.2 Å². The summed E-state index contributed by atoms with van der Waals surface area (Å²) in [5.74, 6) is 2.06. The number of H-pyrrole nitrogens is 1. The number of likely N-dealkylation sites (N-methyl/N-ethyl adjacent to an activating group) is 1. The van der Waals surface area contributed by atoms with Crippen molar-refractivity contribution in [3.63, 3.8) is 0 Å². The van der Waals surface area contributed by atoms with E-state index >= 15 is 0 Å². The van der Waals surface area contributed by atoms with Gasteiger partial charge >= 0.3 is 0 Å². The highest BCUT2D eigenvalue weighted by atomic mass is 16.5. The molecule has 0 spiro atoms. The number of nitrogens with zero attached hydrogens (tertiary/aromatic N) is 2. The van der Waals surface area contributed by atoms with Crippen molar-refractivity contribution >= 4 is 21.8 Å². The third-order valence-corrected chi connectivity index (χ3v) is 4.95. The van der Waals surface area contributed by atoms with Gasteiger partial charge in [0.1, 0.15) is 6.61 Å². The lowest BCUT2D eigenvalue weighted by molar-refractivity contribution is 0.0881. The zero-order chi connectivity index (χ0) is 18.8. The number of ether oxygens (including phenoxy) is 3. The Morgan fingerprint density at radius 1 is 1.11 bits per heavy atom. The monoisotopic (exact) mass is 369 g/mol. The molecule has 3 aromatic rings. The third-order valence-electron chi connectivity index (χ3n) is 4.95. The van der Waals surface area contributed by atoms with Crippen LogP contribution in [0.3, 0.4) is 0 Å². The molecule has 1 fully saturated rings. The Kier molecular flexibility index (Phi) is 5.18. The highest BCUT2D eigenvalue weighted by Gasteiger charge is 2.28. The minimum Gasteiger partial charge on any atom is -0.493 e. The fourth-order valence-electron chi connectivity index (χ4n) is 3.38. The molecule has 1 aliphatic carbocycles. The van der Waals surface area contributed by atoms with Crippen molar-refractivity contribution in [2.45, 2.75) is 18.8 Å². The number of rotatable bonds is 9. The maximum absolute atomic E-state index is 5.93. The first kappa shape index (κ1) is 18.1. The van der Waals surface area contributed by atoms with Crippen molar-refractivity contribution in [2.24, 2.45) is 0 Å². The molecule has 2 aromatic heterocycles. The normalized spacial score (nSPS) is 14.4. The number of benzene rings is 1. The Hall–Kier alpha value is -2.31. The topological polar surface area (TPSA) is 59.6 Å². The van der Waals surface area contributed by atoms with Crippen LogP contribution in [0.4, 0.5) is 0 Å². The second-order valence-corrected chi connectivity index (χ2v) is 7.33. The summed E-state index contributed by atoms with van der Waals surface area (Å²) in [6.45, 7) is 2.65. The molecular weight excluding hydrogens is 342 g/mol. The summed E-state index contributed by atoms with van der Waals surface area (Å²) in [7, 11) is 5.74. The van der Waals surface area contributed by atoms with Gasteiger partial charge < -0.3 is 24.1 Å². The largest absolute Gasteiger partial charge is 0.493 e. The molecule has 1 aliphatic rings. The van der Waals surface area contributed by atoms with Crippen LogP contribution in [0.1, 0.15) is 24.5 Å². The molecule has 6 heteroatoms. The van der Waals surface area contributed by atoms with Crippen LogP contribution in [0.5, 0.6) is 11.5 Å². The van der Waals surface area contributed by atoms with Gasteiger partial charge in [0.2, 0.25) is 0 Å². The molecule has 0 bridgehead atoms. The molecule has 0 unspecified atom stereocenters. The van der Waals surface area contributed by atoms with Gasteiger partial charge in [-0.2, -0.15) is 0 Å². The number of hydrogen-bond acceptors (Lipinski definition) is 5. The number of fused-ring (bicyclic) bond motifs is 3.